The van der Waals surface area contributed by atoms with E-state index in [1.165, 1.54) is 60.9 Å². The maximum Gasteiger partial charge on any atom is 0.212 e. The Morgan fingerprint density at radius 2 is 1.76 bits per heavy atom. The summed E-state index contributed by atoms with van der Waals surface area (Å²) in [6.45, 7) is 9.22. The highest BCUT2D eigenvalue weighted by Crippen LogP contribution is 2.44. The first-order valence-electron chi connectivity index (χ1n) is 10.0. The van der Waals surface area contributed by atoms with E-state index < -0.39 is 0 Å². The van der Waals surface area contributed by atoms with E-state index in [0.29, 0.717) is 0 Å². The van der Waals surface area contributed by atoms with Crippen molar-refractivity contribution in [1.29, 1.82) is 0 Å². The average Bonchev–Trinajstić information content (AvgIpc) is 2.57. The van der Waals surface area contributed by atoms with Crippen LogP contribution in [0.4, 0.5) is 0 Å². The summed E-state index contributed by atoms with van der Waals surface area (Å²) in [5.41, 5.74) is 11.0. The van der Waals surface area contributed by atoms with Gasteiger partial charge in [0.15, 0.2) is 6.20 Å². The van der Waals surface area contributed by atoms with E-state index in [1.807, 2.05) is 0 Å². The Kier molecular flexibility index (Phi) is 4.02. The fraction of sp³-hybridized carbons (Fsp3) is 0.542. The number of hydrogen-bond donors (Lipinski definition) is 0. The van der Waals surface area contributed by atoms with E-state index in [2.05, 4.69) is 63.7 Å². The molecule has 1 heterocycles. The Labute approximate surface area is 153 Å². The molecule has 0 bridgehead atoms. The topological polar surface area (TPSA) is 3.88 Å². The first kappa shape index (κ1) is 16.8. The lowest BCUT2D eigenvalue weighted by Crippen LogP contribution is -2.33. The number of aryl methyl sites for hydroxylation is 2. The first-order chi connectivity index (χ1) is 11.9. The third kappa shape index (κ3) is 2.82. The molecule has 1 nitrogen and oxygen atoms in total. The van der Waals surface area contributed by atoms with E-state index in [9.17, 15) is 0 Å². The van der Waals surface area contributed by atoms with Crippen molar-refractivity contribution >= 4 is 0 Å². The second kappa shape index (κ2) is 5.97. The zero-order chi connectivity index (χ0) is 17.8. The molecule has 1 heteroatoms. The molecule has 0 saturated heterocycles. The Bertz CT molecular complexity index is 821. The van der Waals surface area contributed by atoms with Crippen LogP contribution in [0.2, 0.25) is 0 Å². The minimum atomic E-state index is 0.195. The minimum Gasteiger partial charge on any atom is -0.201 e. The lowest BCUT2D eigenvalue weighted by molar-refractivity contribution is -0.661. The number of aromatic nitrogens is 1. The third-order valence-electron chi connectivity index (χ3n) is 6.51. The van der Waals surface area contributed by atoms with Crippen LogP contribution in [0, 0.1) is 6.92 Å². The number of hydrogen-bond acceptors (Lipinski definition) is 0. The first-order valence-corrected chi connectivity index (χ1v) is 10.0. The van der Waals surface area contributed by atoms with E-state index in [-0.39, 0.29) is 5.41 Å². The van der Waals surface area contributed by atoms with Crippen molar-refractivity contribution in [3.63, 3.8) is 0 Å². The molecule has 1 aromatic carbocycles. The van der Waals surface area contributed by atoms with E-state index in [0.717, 1.165) is 5.92 Å². The van der Waals surface area contributed by atoms with Crippen LogP contribution in [0.1, 0.15) is 80.2 Å². The predicted octanol–water partition coefficient (Wildman–Crippen LogP) is 5.54. The molecule has 0 N–H and O–H groups in total. The molecular formula is C24H32N+. The quantitative estimate of drug-likeness (QED) is 0.603. The van der Waals surface area contributed by atoms with Crippen LogP contribution in [-0.2, 0) is 25.3 Å². The molecule has 4 rings (SSSR count). The molecule has 0 spiro atoms. The van der Waals surface area contributed by atoms with Crippen LogP contribution < -0.4 is 4.57 Å². The summed E-state index contributed by atoms with van der Waals surface area (Å²) in [7, 11) is 2.21. The van der Waals surface area contributed by atoms with Crippen LogP contribution in [0.15, 0.2) is 24.4 Å². The molecule has 1 atom stereocenters. The predicted molar refractivity (Wildman–Crippen MR) is 105 cm³/mol. The van der Waals surface area contributed by atoms with Crippen molar-refractivity contribution in [3.05, 3.63) is 52.2 Å². The fourth-order valence-corrected chi connectivity index (χ4v) is 5.05. The summed E-state index contributed by atoms with van der Waals surface area (Å²) in [5.74, 6) is 0.845. The maximum absolute atomic E-state index is 2.53. The van der Waals surface area contributed by atoms with Crippen molar-refractivity contribution < 1.29 is 4.57 Å². The summed E-state index contributed by atoms with van der Waals surface area (Å²) in [4.78, 5) is 0. The molecule has 0 saturated carbocycles. The van der Waals surface area contributed by atoms with Gasteiger partial charge in [-0.25, -0.2) is 4.57 Å². The van der Waals surface area contributed by atoms with Gasteiger partial charge in [-0.05, 0) is 91.2 Å². The lowest BCUT2D eigenvalue weighted by atomic mass is 9.71. The van der Waals surface area contributed by atoms with Gasteiger partial charge in [0.05, 0.1) is 0 Å². The Balaban J connectivity index is 1.87. The summed E-state index contributed by atoms with van der Waals surface area (Å²) in [6, 6.07) is 7.19. The molecule has 0 fully saturated rings. The van der Waals surface area contributed by atoms with Crippen LogP contribution >= 0.6 is 0 Å². The summed E-state index contributed by atoms with van der Waals surface area (Å²) in [5, 5.41) is 0. The molecule has 0 aliphatic heterocycles. The average molecular weight is 335 g/mol. The van der Waals surface area contributed by atoms with Gasteiger partial charge in [0.2, 0.25) is 5.69 Å². The standard InChI is InChI=1S/C24H32N/c1-16-20-11-7-9-17-8-6-10-18(23(17)20)14-21(16)22-13-12-19(15-25(22)5)24(2,3)4/h12-15,17H,6-11H2,1-5H3/q+1. The van der Waals surface area contributed by atoms with Gasteiger partial charge in [0, 0.05) is 17.2 Å². The monoisotopic (exact) mass is 334 g/mol. The van der Waals surface area contributed by atoms with Crippen LogP contribution in [0.5, 0.6) is 0 Å². The molecule has 1 aromatic heterocycles. The van der Waals surface area contributed by atoms with Crippen LogP contribution in [0.25, 0.3) is 11.3 Å². The molecule has 2 aromatic rings. The van der Waals surface area contributed by atoms with Gasteiger partial charge in [-0.2, -0.15) is 0 Å². The number of pyridine rings is 1. The van der Waals surface area contributed by atoms with E-state index >= 15 is 0 Å². The zero-order valence-electron chi connectivity index (χ0n) is 16.6. The Hall–Kier alpha value is -1.63. The largest absolute Gasteiger partial charge is 0.212 e. The van der Waals surface area contributed by atoms with Gasteiger partial charge in [0.25, 0.3) is 0 Å². The molecule has 2 aliphatic rings. The number of rotatable bonds is 1. The molecule has 0 radical (unpaired) electrons. The third-order valence-corrected chi connectivity index (χ3v) is 6.51. The van der Waals surface area contributed by atoms with Crippen molar-refractivity contribution in [3.8, 4) is 11.3 Å². The van der Waals surface area contributed by atoms with Crippen molar-refractivity contribution in [1.82, 2.24) is 0 Å². The maximum atomic E-state index is 2.53. The van der Waals surface area contributed by atoms with Crippen molar-refractivity contribution in [2.45, 2.75) is 77.6 Å². The minimum absolute atomic E-state index is 0.195. The Morgan fingerprint density at radius 3 is 2.44 bits per heavy atom. The lowest BCUT2D eigenvalue weighted by Gasteiger charge is -2.34. The smallest absolute Gasteiger partial charge is 0.201 e. The normalized spacial score (nSPS) is 19.6. The number of nitrogens with zero attached hydrogens (tertiary/aromatic N) is 1. The molecule has 2 aliphatic carbocycles. The van der Waals surface area contributed by atoms with Gasteiger partial charge in [-0.3, -0.25) is 0 Å². The summed E-state index contributed by atoms with van der Waals surface area (Å²) >= 11 is 0. The second-order valence-corrected chi connectivity index (χ2v) is 9.25. The second-order valence-electron chi connectivity index (χ2n) is 9.25. The highest BCUT2D eigenvalue weighted by molar-refractivity contribution is 5.67. The van der Waals surface area contributed by atoms with Crippen LogP contribution in [0.3, 0.4) is 0 Å². The fourth-order valence-electron chi connectivity index (χ4n) is 5.05. The highest BCUT2D eigenvalue weighted by Gasteiger charge is 2.30. The van der Waals surface area contributed by atoms with Gasteiger partial charge in [0.1, 0.15) is 7.05 Å². The molecule has 25 heavy (non-hydrogen) atoms. The van der Waals surface area contributed by atoms with E-state index in [1.54, 1.807) is 16.7 Å². The van der Waals surface area contributed by atoms with Gasteiger partial charge < -0.3 is 0 Å². The van der Waals surface area contributed by atoms with Gasteiger partial charge in [-0.15, -0.1) is 0 Å². The molecule has 132 valence electrons. The Morgan fingerprint density at radius 1 is 1.04 bits per heavy atom. The number of benzene rings is 1. The van der Waals surface area contributed by atoms with Crippen molar-refractivity contribution in [2.24, 2.45) is 7.05 Å². The molecule has 1 unspecified atom stereocenters. The molecular weight excluding hydrogens is 302 g/mol. The SMILES string of the molecule is Cc1c(-c2ccc(C(C)(C)C)c[n+]2C)cc2c3c1CCCC3CCC2. The summed E-state index contributed by atoms with van der Waals surface area (Å²) in [6.07, 6.45) is 10.4. The van der Waals surface area contributed by atoms with E-state index in [4.69, 9.17) is 0 Å². The van der Waals surface area contributed by atoms with Gasteiger partial charge >= 0.3 is 0 Å². The van der Waals surface area contributed by atoms with Gasteiger partial charge in [-0.1, -0.05) is 20.8 Å². The summed E-state index contributed by atoms with van der Waals surface area (Å²) < 4.78 is 2.34. The zero-order valence-corrected chi connectivity index (χ0v) is 16.6. The highest BCUT2D eigenvalue weighted by atomic mass is 14.9. The van der Waals surface area contributed by atoms with Crippen molar-refractivity contribution in [2.75, 3.05) is 0 Å². The van der Waals surface area contributed by atoms with Crippen LogP contribution in [-0.4, -0.2) is 0 Å². The molecule has 0 amide bonds.